The van der Waals surface area contributed by atoms with Crippen molar-refractivity contribution in [3.8, 4) is 0 Å². The van der Waals surface area contributed by atoms with Gasteiger partial charge in [-0.25, -0.2) is 4.79 Å². The first-order valence-corrected chi connectivity index (χ1v) is 24.5. The smallest absolute Gasteiger partial charge is 0.326 e. The number of rotatable bonds is 44. The summed E-state index contributed by atoms with van der Waals surface area (Å²) in [5.74, 6) is -2.31. The molecular formula is C48H92N4O13. The van der Waals surface area contributed by atoms with Crippen molar-refractivity contribution in [2.75, 3.05) is 66.0 Å². The van der Waals surface area contributed by atoms with E-state index in [1.165, 1.54) is 71.1 Å². The summed E-state index contributed by atoms with van der Waals surface area (Å²) in [4.78, 5) is 79.4. The molecule has 0 saturated carbocycles. The van der Waals surface area contributed by atoms with E-state index >= 15 is 0 Å². The van der Waals surface area contributed by atoms with Gasteiger partial charge in [-0.2, -0.15) is 0 Å². The van der Waals surface area contributed by atoms with Crippen LogP contribution in [0.4, 0.5) is 0 Å². The third-order valence-electron chi connectivity index (χ3n) is 10.2. The number of unbranched alkanes of at least 4 members (excludes halogenated alkanes) is 14. The van der Waals surface area contributed by atoms with Crippen LogP contribution in [0.3, 0.4) is 0 Å². The molecule has 0 saturated heterocycles. The number of nitrogens with two attached hydrogens (primary N) is 2. The first-order chi connectivity index (χ1) is 31.2. The highest BCUT2D eigenvalue weighted by molar-refractivity contribution is 5.85. The number of Topliss-reactive ketones (excluding diaryl/α,β-unsaturated/α-hetero) is 3. The number of nitrogens with one attached hydrogen (secondary N) is 2. The van der Waals surface area contributed by atoms with Crippen molar-refractivity contribution in [2.24, 2.45) is 17.4 Å². The van der Waals surface area contributed by atoms with E-state index in [9.17, 15) is 38.7 Å². The molecule has 8 N–H and O–H groups in total. The quantitative estimate of drug-likeness (QED) is 0.0388. The van der Waals surface area contributed by atoms with E-state index in [0.29, 0.717) is 78.3 Å². The predicted octanol–water partition coefficient (Wildman–Crippen LogP) is 5.91. The summed E-state index contributed by atoms with van der Waals surface area (Å²) in [6.45, 7) is 12.3. The van der Waals surface area contributed by atoms with Crippen LogP contribution in [0.5, 0.6) is 0 Å². The molecule has 0 heterocycles. The Labute approximate surface area is 391 Å². The van der Waals surface area contributed by atoms with Crippen LogP contribution in [0.15, 0.2) is 0 Å². The van der Waals surface area contributed by atoms with Gasteiger partial charge in [-0.3, -0.25) is 28.8 Å². The van der Waals surface area contributed by atoms with E-state index in [4.69, 9.17) is 35.5 Å². The highest BCUT2D eigenvalue weighted by Crippen LogP contribution is 2.13. The molecule has 0 aliphatic heterocycles. The van der Waals surface area contributed by atoms with Crippen LogP contribution in [0.25, 0.3) is 0 Å². The Hall–Kier alpha value is -3.35. The lowest BCUT2D eigenvalue weighted by molar-refractivity contribution is -0.142. The molecule has 0 bridgehead atoms. The Bertz CT molecular complexity index is 1210. The van der Waals surface area contributed by atoms with Crippen molar-refractivity contribution in [3.05, 3.63) is 0 Å². The van der Waals surface area contributed by atoms with Gasteiger partial charge in [0.15, 0.2) is 5.78 Å². The zero-order chi connectivity index (χ0) is 49.4. The van der Waals surface area contributed by atoms with Crippen LogP contribution in [0.2, 0.25) is 0 Å². The van der Waals surface area contributed by atoms with Gasteiger partial charge >= 0.3 is 5.97 Å². The Morgan fingerprint density at radius 1 is 0.569 bits per heavy atom. The number of aliphatic hydroxyl groups is 1. The maximum absolute atomic E-state index is 12.2. The van der Waals surface area contributed by atoms with Crippen LogP contribution in [0.1, 0.15) is 182 Å². The number of carbonyl (C=O) groups excluding carboxylic acids is 6. The zero-order valence-corrected chi connectivity index (χ0v) is 41.1. The summed E-state index contributed by atoms with van der Waals surface area (Å²) in [7, 11) is 0. The average molecular weight is 933 g/mol. The van der Waals surface area contributed by atoms with E-state index in [0.717, 1.165) is 38.5 Å². The highest BCUT2D eigenvalue weighted by atomic mass is 16.5. The van der Waals surface area contributed by atoms with E-state index in [1.54, 1.807) is 6.92 Å². The minimum absolute atomic E-state index is 0.00360. The Morgan fingerprint density at radius 2 is 1.08 bits per heavy atom. The van der Waals surface area contributed by atoms with Crippen molar-refractivity contribution in [1.82, 2.24) is 10.6 Å². The predicted molar refractivity (Wildman–Crippen MR) is 253 cm³/mol. The van der Waals surface area contributed by atoms with Crippen molar-refractivity contribution < 1.29 is 62.7 Å². The third-order valence-corrected chi connectivity index (χ3v) is 10.2. The Kier molecular flexibility index (Phi) is 50.8. The number of hydrogen-bond donors (Lipinski definition) is 6. The molecule has 17 heteroatoms. The fourth-order valence-corrected chi connectivity index (χ4v) is 5.94. The molecule has 65 heavy (non-hydrogen) atoms. The van der Waals surface area contributed by atoms with Crippen LogP contribution >= 0.6 is 0 Å². The molecule has 0 fully saturated rings. The number of carboxylic acid groups (broad SMARTS) is 1. The van der Waals surface area contributed by atoms with Gasteiger partial charge in [0.05, 0.1) is 45.0 Å². The molecule has 1 unspecified atom stereocenters. The van der Waals surface area contributed by atoms with Crippen molar-refractivity contribution in [2.45, 2.75) is 194 Å². The number of carboxylic acids is 1. The van der Waals surface area contributed by atoms with Gasteiger partial charge in [-0.15, -0.1) is 0 Å². The van der Waals surface area contributed by atoms with Gasteiger partial charge in [0, 0.05) is 45.4 Å². The second-order valence-electron chi connectivity index (χ2n) is 16.3. The van der Waals surface area contributed by atoms with Gasteiger partial charge in [0.2, 0.25) is 17.7 Å². The first-order valence-electron chi connectivity index (χ1n) is 24.5. The number of ketones is 3. The summed E-state index contributed by atoms with van der Waals surface area (Å²) >= 11 is 0. The van der Waals surface area contributed by atoms with Gasteiger partial charge in [0.1, 0.15) is 30.8 Å². The minimum atomic E-state index is -1.11. The number of ether oxygens (including phenoxy) is 4. The Morgan fingerprint density at radius 3 is 1.58 bits per heavy atom. The SMILES string of the molecule is CCCCCCCCCCCCCCCC(=O)NC(CCC(=O)CCCOCCOCC(=O)NCC)C(=O)O.CCOCCOCC(=O)CCCCC[C@H](N)C(C)=O.C[C@@H](CO)C(N)=O. The second-order valence-corrected chi connectivity index (χ2v) is 16.3. The van der Waals surface area contributed by atoms with Gasteiger partial charge in [-0.05, 0) is 52.9 Å². The molecule has 17 nitrogen and oxygen atoms in total. The number of carbonyl (C=O) groups is 7. The summed E-state index contributed by atoms with van der Waals surface area (Å²) in [6, 6.07) is -1.39. The Balaban J connectivity index is -0.00000121. The highest BCUT2D eigenvalue weighted by Gasteiger charge is 2.21. The molecule has 3 atom stereocenters. The molecule has 0 aromatic carbocycles. The van der Waals surface area contributed by atoms with E-state index < -0.39 is 23.8 Å². The maximum atomic E-state index is 12.2. The van der Waals surface area contributed by atoms with Gasteiger partial charge < -0.3 is 51.3 Å². The summed E-state index contributed by atoms with van der Waals surface area (Å²) in [6.07, 6.45) is 21.2. The largest absolute Gasteiger partial charge is 0.480 e. The molecule has 382 valence electrons. The maximum Gasteiger partial charge on any atom is 0.326 e. The fraction of sp³-hybridized carbons (Fsp3) is 0.854. The number of primary amides is 1. The van der Waals surface area contributed by atoms with E-state index in [-0.39, 0.29) is 67.9 Å². The molecule has 0 aliphatic rings. The molecular weight excluding hydrogens is 841 g/mol. The van der Waals surface area contributed by atoms with Gasteiger partial charge in [-0.1, -0.05) is 104 Å². The molecule has 0 spiro atoms. The second kappa shape index (κ2) is 50.1. The monoisotopic (exact) mass is 933 g/mol. The number of likely N-dealkylation sites (N-methyl/N-ethyl adjacent to an activating group) is 1. The van der Waals surface area contributed by atoms with Crippen LogP contribution in [-0.4, -0.2) is 129 Å². The third kappa shape index (κ3) is 51.5. The minimum Gasteiger partial charge on any atom is -0.480 e. The van der Waals surface area contributed by atoms with Crippen molar-refractivity contribution in [3.63, 3.8) is 0 Å². The molecule has 0 radical (unpaired) electrons. The molecule has 0 aromatic rings. The summed E-state index contributed by atoms with van der Waals surface area (Å²) < 4.78 is 20.8. The van der Waals surface area contributed by atoms with Crippen molar-refractivity contribution >= 4 is 41.0 Å². The summed E-state index contributed by atoms with van der Waals surface area (Å²) in [5.41, 5.74) is 10.4. The van der Waals surface area contributed by atoms with Crippen molar-refractivity contribution in [1.29, 1.82) is 0 Å². The van der Waals surface area contributed by atoms with E-state index in [2.05, 4.69) is 17.6 Å². The number of aliphatic carboxylic acids is 1. The lowest BCUT2D eigenvalue weighted by Gasteiger charge is -2.14. The van der Waals surface area contributed by atoms with Crippen LogP contribution in [-0.2, 0) is 52.5 Å². The number of aliphatic hydroxyl groups excluding tert-OH is 1. The standard InChI is InChI=1S/C30H56N2O7.C14H27NO4.C4H9NO2/c1-3-5-6-7-8-9-10-11-12-13-14-15-16-19-28(34)32-27(30(36)37)21-20-26(33)18-17-22-38-23-24-39-25-29(35)31-4-2;1-3-18-9-10-19-11-13(17)7-5-4-6-8-14(15)12(2)16;1-3(2-6)4(5)7/h27H,3-25H2,1-2H3,(H,31,35)(H,32,34)(H,36,37);14H,3-11,15H2,1-2H3;3,6H,2H2,1H3,(H2,5,7)/t;14-;3-/m.00/s1. The lowest BCUT2D eigenvalue weighted by atomic mass is 10.0. The van der Waals surface area contributed by atoms with Crippen LogP contribution < -0.4 is 22.1 Å². The molecule has 0 aliphatic carbocycles. The van der Waals surface area contributed by atoms with Gasteiger partial charge in [0.25, 0.3) is 0 Å². The van der Waals surface area contributed by atoms with E-state index in [1.807, 2.05) is 13.8 Å². The topological polar surface area (TPSA) is 273 Å². The normalized spacial score (nSPS) is 12.1. The lowest BCUT2D eigenvalue weighted by Crippen LogP contribution is -2.41. The average Bonchev–Trinajstić information content (AvgIpc) is 3.27. The number of amides is 3. The molecule has 3 amide bonds. The molecule has 0 aromatic heterocycles. The fourth-order valence-electron chi connectivity index (χ4n) is 5.94. The van der Waals surface area contributed by atoms with Crippen LogP contribution in [0, 0.1) is 5.92 Å². The number of hydrogen-bond acceptors (Lipinski definition) is 13. The summed E-state index contributed by atoms with van der Waals surface area (Å²) in [5, 5.41) is 22.8. The molecule has 0 rings (SSSR count). The first kappa shape index (κ1) is 65.9. The zero-order valence-electron chi connectivity index (χ0n) is 41.1.